The number of ether oxygens (including phenoxy) is 2. The molecule has 240 valence electrons. The van der Waals surface area contributed by atoms with Crippen LogP contribution >= 0.6 is 11.6 Å². The number of carbonyl (C=O) groups excluding carboxylic acids is 5. The van der Waals surface area contributed by atoms with E-state index in [1.807, 2.05) is 48.5 Å². The first-order valence-electron chi connectivity index (χ1n) is 15.4. The number of likely N-dealkylation sites (tertiary alicyclic amines) is 1. The molecule has 5 amide bonds. The summed E-state index contributed by atoms with van der Waals surface area (Å²) in [6, 6.07) is 22.9. The Balaban J connectivity index is 1.46. The van der Waals surface area contributed by atoms with Gasteiger partial charge in [0.2, 0.25) is 23.6 Å². The summed E-state index contributed by atoms with van der Waals surface area (Å²) in [5.41, 5.74) is 1.03. The van der Waals surface area contributed by atoms with Gasteiger partial charge < -0.3 is 14.6 Å². The fourth-order valence-corrected chi connectivity index (χ4v) is 8.49. The van der Waals surface area contributed by atoms with Gasteiger partial charge in [0, 0.05) is 10.9 Å². The number of rotatable bonds is 6. The van der Waals surface area contributed by atoms with Gasteiger partial charge in [-0.05, 0) is 60.2 Å². The second-order valence-corrected chi connectivity index (χ2v) is 12.7. The molecule has 2 heterocycles. The van der Waals surface area contributed by atoms with Crippen LogP contribution in [0.1, 0.15) is 29.9 Å². The Morgan fingerprint density at radius 2 is 1.68 bits per heavy atom. The molecule has 0 spiro atoms. The Hall–Kier alpha value is -4.80. The van der Waals surface area contributed by atoms with E-state index < -0.39 is 64.7 Å². The molecule has 0 aromatic heterocycles. The lowest BCUT2D eigenvalue weighted by atomic mass is 9.49. The maximum Gasteiger partial charge on any atom is 0.423 e. The third kappa shape index (κ3) is 4.53. The number of halogens is 1. The van der Waals surface area contributed by atoms with E-state index in [1.54, 1.807) is 36.4 Å². The van der Waals surface area contributed by atoms with Crippen molar-refractivity contribution in [3.05, 3.63) is 107 Å². The number of fused-ring (bicyclic) bond motifs is 4. The largest absolute Gasteiger partial charge is 0.491 e. The van der Waals surface area contributed by atoms with Crippen LogP contribution in [-0.2, 0) is 29.3 Å². The summed E-state index contributed by atoms with van der Waals surface area (Å²) >= 11 is 6.34. The minimum Gasteiger partial charge on any atom is -0.491 e. The Kier molecular flexibility index (Phi) is 7.72. The Labute approximate surface area is 275 Å². The molecule has 6 atom stereocenters. The maximum absolute atomic E-state index is 15.2. The number of aliphatic hydroxyl groups is 1. The van der Waals surface area contributed by atoms with Gasteiger partial charge >= 0.3 is 6.09 Å². The molecule has 3 aromatic rings. The highest BCUT2D eigenvalue weighted by molar-refractivity contribution is 6.32. The SMILES string of the molecule is COC(=O)N1C(=O)[C@H]2[C@H](CC=C3[C@H]2C[C@H]2C(=O)N(c4cccc(Cl)c4)C(=O)[C@@]2(c2ccccc2)[C@H]3c2ccc(OCCO)cc2)C1=O. The summed E-state index contributed by atoms with van der Waals surface area (Å²) < 4.78 is 10.4. The van der Waals surface area contributed by atoms with Gasteiger partial charge in [-0.1, -0.05) is 71.8 Å². The molecule has 0 radical (unpaired) electrons. The summed E-state index contributed by atoms with van der Waals surface area (Å²) in [6.45, 7) is -0.0604. The molecule has 4 aliphatic rings. The van der Waals surface area contributed by atoms with E-state index in [4.69, 9.17) is 21.1 Å². The number of amides is 5. The normalized spacial score (nSPS) is 28.1. The Bertz CT molecular complexity index is 1830. The van der Waals surface area contributed by atoms with Crippen molar-refractivity contribution in [2.24, 2.45) is 23.7 Å². The molecular weight excluding hydrogens is 624 g/mol. The van der Waals surface area contributed by atoms with E-state index >= 15 is 4.79 Å². The Morgan fingerprint density at radius 3 is 2.36 bits per heavy atom. The van der Waals surface area contributed by atoms with Gasteiger partial charge in [0.15, 0.2) is 0 Å². The number of nitrogens with zero attached hydrogens (tertiary/aromatic N) is 2. The van der Waals surface area contributed by atoms with Gasteiger partial charge in [-0.15, -0.1) is 0 Å². The molecule has 2 aliphatic carbocycles. The maximum atomic E-state index is 15.2. The molecule has 10 nitrogen and oxygen atoms in total. The number of carbonyl (C=O) groups is 5. The number of imide groups is 4. The van der Waals surface area contributed by atoms with Gasteiger partial charge in [-0.25, -0.2) is 9.69 Å². The minimum atomic E-state index is -1.42. The fraction of sp³-hybridized carbons (Fsp3) is 0.306. The zero-order valence-corrected chi connectivity index (χ0v) is 26.1. The molecule has 1 N–H and O–H groups in total. The van der Waals surface area contributed by atoms with Crippen molar-refractivity contribution in [1.29, 1.82) is 0 Å². The second kappa shape index (κ2) is 11.8. The fourth-order valence-electron chi connectivity index (χ4n) is 8.31. The number of benzene rings is 3. The van der Waals surface area contributed by atoms with Crippen molar-refractivity contribution in [1.82, 2.24) is 4.90 Å². The Morgan fingerprint density at radius 1 is 0.936 bits per heavy atom. The van der Waals surface area contributed by atoms with Gasteiger partial charge in [0.05, 0.1) is 42.6 Å². The molecule has 47 heavy (non-hydrogen) atoms. The monoisotopic (exact) mass is 654 g/mol. The smallest absolute Gasteiger partial charge is 0.423 e. The number of methoxy groups -OCH3 is 1. The summed E-state index contributed by atoms with van der Waals surface area (Å²) in [4.78, 5) is 71.5. The first-order chi connectivity index (χ1) is 22.7. The van der Waals surface area contributed by atoms with Crippen LogP contribution in [0.5, 0.6) is 5.75 Å². The second-order valence-electron chi connectivity index (χ2n) is 12.2. The standard InChI is InChI=1S/C36H31ClN2O8/c1-46-35(45)39-31(41)26-15-14-25-27(29(26)33(39)43)19-28-32(42)38(23-9-5-8-22(37)18-23)34(44)36(28,21-6-3-2-4-7-21)30(25)20-10-12-24(13-11-20)47-17-16-40/h2-14,18,26-30,40H,15-17,19H2,1H3/t26-,27+,28-,29-,30-,36+/m0/s1. The van der Waals surface area contributed by atoms with Crippen LogP contribution in [0.3, 0.4) is 0 Å². The zero-order valence-electron chi connectivity index (χ0n) is 25.4. The van der Waals surface area contributed by atoms with E-state index in [1.165, 1.54) is 4.90 Å². The van der Waals surface area contributed by atoms with E-state index in [9.17, 15) is 24.3 Å². The predicted molar refractivity (Wildman–Crippen MR) is 169 cm³/mol. The predicted octanol–water partition coefficient (Wildman–Crippen LogP) is 4.64. The molecule has 0 bridgehead atoms. The summed E-state index contributed by atoms with van der Waals surface area (Å²) in [5.74, 6) is -5.61. The van der Waals surface area contributed by atoms with Crippen LogP contribution in [0.25, 0.3) is 0 Å². The van der Waals surface area contributed by atoms with Crippen molar-refractivity contribution >= 4 is 47.0 Å². The molecule has 0 unspecified atom stereocenters. The molecular formula is C36H31ClN2O8. The van der Waals surface area contributed by atoms with Crippen molar-refractivity contribution in [2.45, 2.75) is 24.2 Å². The van der Waals surface area contributed by atoms with Crippen LogP contribution in [-0.4, -0.2) is 60.1 Å². The number of hydrogen-bond acceptors (Lipinski definition) is 8. The van der Waals surface area contributed by atoms with Crippen molar-refractivity contribution < 1.29 is 38.6 Å². The zero-order chi connectivity index (χ0) is 33.0. The number of aliphatic hydroxyl groups excluding tert-OH is 1. The summed E-state index contributed by atoms with van der Waals surface area (Å²) in [6.07, 6.45) is 1.16. The van der Waals surface area contributed by atoms with Gasteiger partial charge in [-0.2, -0.15) is 4.90 Å². The van der Waals surface area contributed by atoms with Crippen molar-refractivity contribution in [3.8, 4) is 5.75 Å². The first-order valence-corrected chi connectivity index (χ1v) is 15.8. The quantitative estimate of drug-likeness (QED) is 0.301. The average molecular weight is 655 g/mol. The van der Waals surface area contributed by atoms with E-state index in [0.29, 0.717) is 32.5 Å². The highest BCUT2D eigenvalue weighted by atomic mass is 35.5. The van der Waals surface area contributed by atoms with E-state index in [0.717, 1.165) is 12.7 Å². The third-order valence-corrected chi connectivity index (χ3v) is 10.3. The highest BCUT2D eigenvalue weighted by Gasteiger charge is 2.70. The third-order valence-electron chi connectivity index (χ3n) is 10.1. The van der Waals surface area contributed by atoms with Crippen molar-refractivity contribution in [2.75, 3.05) is 25.2 Å². The number of hydrogen-bond donors (Lipinski definition) is 1. The molecule has 11 heteroatoms. The van der Waals surface area contributed by atoms with Crippen LogP contribution < -0.4 is 9.64 Å². The van der Waals surface area contributed by atoms with E-state index in [2.05, 4.69) is 0 Å². The topological polar surface area (TPSA) is 131 Å². The van der Waals surface area contributed by atoms with Gasteiger partial charge in [-0.3, -0.25) is 19.2 Å². The molecule has 1 saturated carbocycles. The molecule has 3 fully saturated rings. The van der Waals surface area contributed by atoms with Gasteiger partial charge in [0.25, 0.3) is 0 Å². The van der Waals surface area contributed by atoms with Crippen LogP contribution in [0.15, 0.2) is 90.5 Å². The number of anilines is 1. The van der Waals surface area contributed by atoms with Crippen LogP contribution in [0, 0.1) is 23.7 Å². The lowest BCUT2D eigenvalue weighted by Gasteiger charge is -2.50. The molecule has 2 aliphatic heterocycles. The van der Waals surface area contributed by atoms with Crippen molar-refractivity contribution in [3.63, 3.8) is 0 Å². The first kappa shape index (κ1) is 30.8. The van der Waals surface area contributed by atoms with E-state index in [-0.39, 0.29) is 26.1 Å². The molecule has 7 rings (SSSR count). The summed E-state index contributed by atoms with van der Waals surface area (Å²) in [5, 5.41) is 9.61. The molecule has 3 aromatic carbocycles. The molecule has 2 saturated heterocycles. The average Bonchev–Trinajstić information content (AvgIpc) is 3.48. The van der Waals surface area contributed by atoms with Crippen LogP contribution in [0.2, 0.25) is 5.02 Å². The van der Waals surface area contributed by atoms with Crippen LogP contribution in [0.4, 0.5) is 10.5 Å². The minimum absolute atomic E-state index is 0.101. The summed E-state index contributed by atoms with van der Waals surface area (Å²) in [7, 11) is 1.11. The lowest BCUT2D eigenvalue weighted by Crippen LogP contribution is -2.53. The number of allylic oxidation sites excluding steroid dienone is 2. The van der Waals surface area contributed by atoms with Gasteiger partial charge in [0.1, 0.15) is 12.4 Å². The lowest BCUT2D eigenvalue weighted by molar-refractivity contribution is -0.138. The highest BCUT2D eigenvalue weighted by Crippen LogP contribution is 2.64.